The lowest BCUT2D eigenvalue weighted by Gasteiger charge is -2.20. The van der Waals surface area contributed by atoms with Gasteiger partial charge in [0.25, 0.3) is 0 Å². The van der Waals surface area contributed by atoms with E-state index in [-0.39, 0.29) is 23.0 Å². The summed E-state index contributed by atoms with van der Waals surface area (Å²) in [5, 5.41) is 0.603. The molecule has 0 fully saturated rings. The van der Waals surface area contributed by atoms with E-state index >= 15 is 0 Å². The van der Waals surface area contributed by atoms with Gasteiger partial charge in [-0.1, -0.05) is 35.6 Å². The van der Waals surface area contributed by atoms with E-state index in [1.54, 1.807) is 47.8 Å². The van der Waals surface area contributed by atoms with Gasteiger partial charge in [-0.3, -0.25) is 9.69 Å². The Bertz CT molecular complexity index is 1350. The lowest BCUT2D eigenvalue weighted by molar-refractivity contribution is -0.118. The molecule has 0 bridgehead atoms. The summed E-state index contributed by atoms with van der Waals surface area (Å²) in [5.74, 6) is -0.481. The van der Waals surface area contributed by atoms with Crippen LogP contribution < -0.4 is 4.90 Å². The molecule has 7 nitrogen and oxygen atoms in total. The number of nitrogens with zero attached hydrogens (tertiary/aromatic N) is 4. The molecule has 9 heteroatoms. The summed E-state index contributed by atoms with van der Waals surface area (Å²) in [6, 6.07) is 12.4. The Morgan fingerprint density at radius 1 is 1.15 bits per heavy atom. The molecule has 2 aromatic carbocycles. The van der Waals surface area contributed by atoms with Gasteiger partial charge in [0.05, 0.1) is 27.2 Å². The zero-order valence-corrected chi connectivity index (χ0v) is 20.3. The molecule has 0 atom stereocenters. The number of sulfone groups is 1. The Morgan fingerprint density at radius 3 is 2.67 bits per heavy atom. The van der Waals surface area contributed by atoms with Crippen molar-refractivity contribution in [2.45, 2.75) is 38.1 Å². The summed E-state index contributed by atoms with van der Waals surface area (Å²) >= 11 is 1.47. The van der Waals surface area contributed by atoms with E-state index in [4.69, 9.17) is 4.98 Å². The molecule has 0 spiro atoms. The maximum atomic E-state index is 13.3. The third kappa shape index (κ3) is 5.48. The number of anilines is 1. The summed E-state index contributed by atoms with van der Waals surface area (Å²) in [6.07, 6.45) is 5.93. The molecule has 0 saturated carbocycles. The summed E-state index contributed by atoms with van der Waals surface area (Å²) in [6.45, 7) is 5.21. The average Bonchev–Trinajstić information content (AvgIpc) is 3.46. The van der Waals surface area contributed by atoms with Crippen LogP contribution in [0.15, 0.2) is 66.1 Å². The van der Waals surface area contributed by atoms with Crippen molar-refractivity contribution in [1.29, 1.82) is 0 Å². The molecule has 1 amide bonds. The van der Waals surface area contributed by atoms with Crippen LogP contribution in [0.1, 0.15) is 24.0 Å². The lowest BCUT2D eigenvalue weighted by atomic mass is 10.1. The highest BCUT2D eigenvalue weighted by Crippen LogP contribution is 2.32. The van der Waals surface area contributed by atoms with Crippen molar-refractivity contribution < 1.29 is 13.2 Å². The van der Waals surface area contributed by atoms with Crippen molar-refractivity contribution in [2.75, 3.05) is 17.2 Å². The van der Waals surface area contributed by atoms with Crippen LogP contribution in [0.5, 0.6) is 0 Å². The number of benzene rings is 2. The Hall–Kier alpha value is -3.04. The lowest BCUT2D eigenvalue weighted by Crippen LogP contribution is -2.33. The predicted molar refractivity (Wildman–Crippen MR) is 131 cm³/mol. The predicted octanol–water partition coefficient (Wildman–Crippen LogP) is 4.40. The molecule has 0 saturated heterocycles. The van der Waals surface area contributed by atoms with Gasteiger partial charge in [-0.2, -0.15) is 0 Å². The second kappa shape index (κ2) is 9.84. The molecule has 0 aliphatic carbocycles. The van der Waals surface area contributed by atoms with Crippen LogP contribution in [-0.2, 0) is 21.2 Å². The molecule has 0 aliphatic heterocycles. The summed E-state index contributed by atoms with van der Waals surface area (Å²) < 4.78 is 28.4. The molecule has 0 aliphatic rings. The number of hydrogen-bond donors (Lipinski definition) is 0. The van der Waals surface area contributed by atoms with Crippen molar-refractivity contribution in [3.05, 3.63) is 72.3 Å². The number of aromatic nitrogens is 3. The first kappa shape index (κ1) is 23.1. The Kier molecular flexibility index (Phi) is 6.90. The quantitative estimate of drug-likeness (QED) is 0.353. The molecule has 0 radical (unpaired) electrons. The van der Waals surface area contributed by atoms with E-state index in [2.05, 4.69) is 11.1 Å². The summed E-state index contributed by atoms with van der Waals surface area (Å²) in [5.41, 5.74) is 3.09. The minimum atomic E-state index is -3.54. The zero-order chi connectivity index (χ0) is 23.4. The molecule has 0 unspecified atom stereocenters. The number of imidazole rings is 1. The van der Waals surface area contributed by atoms with Crippen LogP contribution in [0, 0.1) is 13.8 Å². The van der Waals surface area contributed by atoms with Crippen molar-refractivity contribution in [1.82, 2.24) is 14.5 Å². The van der Waals surface area contributed by atoms with Crippen molar-refractivity contribution in [3.8, 4) is 0 Å². The van der Waals surface area contributed by atoms with Gasteiger partial charge in [-0.25, -0.2) is 18.4 Å². The standard InChI is InChI=1S/C24H26N4O3S2/c1-18-15-19(2)23-21(16-18)26-24(32-23)28(12-6-11-27-13-10-25-17-27)22(29)9-14-33(30,31)20-7-4-3-5-8-20/h3-5,7-8,10,13,15-17H,6,9,11-12,14H2,1-2H3. The van der Waals surface area contributed by atoms with E-state index in [1.807, 2.05) is 30.7 Å². The topological polar surface area (TPSA) is 85.2 Å². The number of carbonyl (C=O) groups excluding carboxylic acids is 1. The highest BCUT2D eigenvalue weighted by molar-refractivity contribution is 7.91. The van der Waals surface area contributed by atoms with Crippen molar-refractivity contribution in [3.63, 3.8) is 0 Å². The monoisotopic (exact) mass is 482 g/mol. The SMILES string of the molecule is Cc1cc(C)c2sc(N(CCCn3ccnc3)C(=O)CCS(=O)(=O)c3ccccc3)nc2c1. The number of rotatable bonds is 9. The summed E-state index contributed by atoms with van der Waals surface area (Å²) in [4.78, 5) is 23.9. The highest BCUT2D eigenvalue weighted by Gasteiger charge is 2.23. The fraction of sp³-hybridized carbons (Fsp3) is 0.292. The number of hydrogen-bond acceptors (Lipinski definition) is 6. The van der Waals surface area contributed by atoms with Gasteiger partial charge >= 0.3 is 0 Å². The summed E-state index contributed by atoms with van der Waals surface area (Å²) in [7, 11) is -3.54. The zero-order valence-electron chi connectivity index (χ0n) is 18.6. The number of thiazole rings is 1. The number of aryl methyl sites for hydroxylation is 3. The smallest absolute Gasteiger partial charge is 0.229 e. The maximum Gasteiger partial charge on any atom is 0.229 e. The molecule has 4 rings (SSSR count). The molecule has 4 aromatic rings. The normalized spacial score (nSPS) is 11.7. The van der Waals surface area contributed by atoms with E-state index in [1.165, 1.54) is 11.3 Å². The Morgan fingerprint density at radius 2 is 1.94 bits per heavy atom. The maximum absolute atomic E-state index is 13.3. The number of fused-ring (bicyclic) bond motifs is 1. The van der Waals surface area contributed by atoms with Crippen LogP contribution in [0.4, 0.5) is 5.13 Å². The Balaban J connectivity index is 1.55. The van der Waals surface area contributed by atoms with Gasteiger partial charge in [0.15, 0.2) is 15.0 Å². The molecule has 172 valence electrons. The van der Waals surface area contributed by atoms with Crippen LogP contribution in [0.3, 0.4) is 0 Å². The van der Waals surface area contributed by atoms with Crippen LogP contribution >= 0.6 is 11.3 Å². The van der Waals surface area contributed by atoms with Gasteiger partial charge in [0.1, 0.15) is 0 Å². The van der Waals surface area contributed by atoms with Gasteiger partial charge in [0.2, 0.25) is 5.91 Å². The van der Waals surface area contributed by atoms with E-state index in [0.717, 1.165) is 21.3 Å². The van der Waals surface area contributed by atoms with Crippen molar-refractivity contribution >= 4 is 42.4 Å². The first-order valence-corrected chi connectivity index (χ1v) is 13.2. The van der Waals surface area contributed by atoms with Gasteiger partial charge in [-0.15, -0.1) is 0 Å². The third-order valence-electron chi connectivity index (χ3n) is 5.38. The van der Waals surface area contributed by atoms with Crippen LogP contribution in [0.25, 0.3) is 10.2 Å². The fourth-order valence-corrected chi connectivity index (χ4v) is 6.05. The molecule has 2 heterocycles. The van der Waals surface area contributed by atoms with Crippen LogP contribution in [-0.4, -0.2) is 41.2 Å². The van der Waals surface area contributed by atoms with E-state index in [9.17, 15) is 13.2 Å². The Labute approximate surface area is 197 Å². The van der Waals surface area contributed by atoms with E-state index in [0.29, 0.717) is 24.6 Å². The second-order valence-electron chi connectivity index (χ2n) is 8.01. The molecule has 2 aromatic heterocycles. The van der Waals surface area contributed by atoms with Gasteiger partial charge in [-0.05, 0) is 49.6 Å². The number of amides is 1. The molecule has 33 heavy (non-hydrogen) atoms. The second-order valence-corrected chi connectivity index (χ2v) is 11.1. The largest absolute Gasteiger partial charge is 0.337 e. The average molecular weight is 483 g/mol. The van der Waals surface area contributed by atoms with Crippen molar-refractivity contribution in [2.24, 2.45) is 0 Å². The molecular formula is C24H26N4O3S2. The van der Waals surface area contributed by atoms with E-state index < -0.39 is 9.84 Å². The number of carbonyl (C=O) groups is 1. The van der Waals surface area contributed by atoms with Crippen LogP contribution in [0.2, 0.25) is 0 Å². The molecule has 0 N–H and O–H groups in total. The van der Waals surface area contributed by atoms with Gasteiger partial charge in [0, 0.05) is 31.9 Å². The first-order chi connectivity index (χ1) is 15.8. The first-order valence-electron chi connectivity index (χ1n) is 10.8. The minimum absolute atomic E-state index is 0.101. The third-order valence-corrected chi connectivity index (χ3v) is 8.35. The highest BCUT2D eigenvalue weighted by atomic mass is 32.2. The minimum Gasteiger partial charge on any atom is -0.337 e. The van der Waals surface area contributed by atoms with Gasteiger partial charge < -0.3 is 4.57 Å². The molecular weight excluding hydrogens is 456 g/mol. The fourth-order valence-electron chi connectivity index (χ4n) is 3.74.